The summed E-state index contributed by atoms with van der Waals surface area (Å²) in [5.74, 6) is -0.0198. The van der Waals surface area contributed by atoms with E-state index in [0.29, 0.717) is 17.1 Å². The number of hydrogen-bond donors (Lipinski definition) is 2. The molecule has 6 nitrogen and oxygen atoms in total. The van der Waals surface area contributed by atoms with Gasteiger partial charge in [0.25, 0.3) is 0 Å². The van der Waals surface area contributed by atoms with Crippen LogP contribution in [0.25, 0.3) is 0 Å². The van der Waals surface area contributed by atoms with Gasteiger partial charge in [0.1, 0.15) is 12.2 Å². The van der Waals surface area contributed by atoms with E-state index < -0.39 is 5.91 Å². The molecule has 0 fully saturated rings. The minimum atomic E-state index is -0.427. The van der Waals surface area contributed by atoms with Crippen molar-refractivity contribution in [1.29, 1.82) is 5.26 Å². The third-order valence-corrected chi connectivity index (χ3v) is 3.26. The lowest BCUT2D eigenvalue weighted by Gasteiger charge is -2.12. The fraction of sp³-hybridized carbons (Fsp3) is 0.167. The standard InChI is InChI=1S/C18H17N3O3/c1-24-16-9-5-2-6-13(16)12-18(23)21-15-8-4-3-7-14(15)20-17(22)10-11-19/h2-9H,10,12H2,1H3,(H,20,22)(H,21,23). The van der Waals surface area contributed by atoms with Gasteiger partial charge in [0, 0.05) is 5.56 Å². The Morgan fingerprint density at radius 1 is 1.00 bits per heavy atom. The number of anilines is 2. The van der Waals surface area contributed by atoms with Crippen LogP contribution in [-0.2, 0) is 16.0 Å². The van der Waals surface area contributed by atoms with Crippen LogP contribution < -0.4 is 15.4 Å². The number of nitrogens with one attached hydrogen (secondary N) is 2. The lowest BCUT2D eigenvalue weighted by molar-refractivity contribution is -0.116. The Morgan fingerprint density at radius 2 is 1.58 bits per heavy atom. The van der Waals surface area contributed by atoms with E-state index in [1.165, 1.54) is 0 Å². The minimum absolute atomic E-state index is 0.143. The fourth-order valence-electron chi connectivity index (χ4n) is 2.18. The molecule has 0 saturated carbocycles. The van der Waals surface area contributed by atoms with Gasteiger partial charge in [-0.25, -0.2) is 0 Å². The second-order valence-electron chi connectivity index (χ2n) is 4.97. The number of hydrogen-bond acceptors (Lipinski definition) is 4. The second-order valence-corrected chi connectivity index (χ2v) is 4.97. The third kappa shape index (κ3) is 4.58. The van der Waals surface area contributed by atoms with Crippen LogP contribution in [0.4, 0.5) is 11.4 Å². The smallest absolute Gasteiger partial charge is 0.238 e. The lowest BCUT2D eigenvalue weighted by Crippen LogP contribution is -2.18. The molecule has 0 bridgehead atoms. The Bertz CT molecular complexity index is 781. The van der Waals surface area contributed by atoms with Gasteiger partial charge in [-0.05, 0) is 18.2 Å². The molecular formula is C18H17N3O3. The van der Waals surface area contributed by atoms with Gasteiger partial charge in [-0.1, -0.05) is 30.3 Å². The Labute approximate surface area is 140 Å². The van der Waals surface area contributed by atoms with Crippen LogP contribution >= 0.6 is 0 Å². The summed E-state index contributed by atoms with van der Waals surface area (Å²) in [5.41, 5.74) is 1.69. The normalized spacial score (nSPS) is 9.67. The number of carbonyl (C=O) groups is 2. The summed E-state index contributed by atoms with van der Waals surface area (Å²) in [4.78, 5) is 23.8. The first-order valence-electron chi connectivity index (χ1n) is 7.31. The maximum absolute atomic E-state index is 12.3. The van der Waals surface area contributed by atoms with E-state index in [4.69, 9.17) is 10.00 Å². The van der Waals surface area contributed by atoms with Crippen LogP contribution in [0.3, 0.4) is 0 Å². The molecule has 2 aromatic rings. The largest absolute Gasteiger partial charge is 0.496 e. The number of benzene rings is 2. The molecule has 0 atom stereocenters. The van der Waals surface area contributed by atoms with Crippen molar-refractivity contribution in [1.82, 2.24) is 0 Å². The highest BCUT2D eigenvalue weighted by atomic mass is 16.5. The fourth-order valence-corrected chi connectivity index (χ4v) is 2.18. The summed E-state index contributed by atoms with van der Waals surface area (Å²) < 4.78 is 5.23. The van der Waals surface area contributed by atoms with Crippen molar-refractivity contribution in [2.45, 2.75) is 12.8 Å². The van der Waals surface area contributed by atoms with Gasteiger partial charge in [0.15, 0.2) is 0 Å². The summed E-state index contributed by atoms with van der Waals surface area (Å²) in [5, 5.41) is 13.9. The molecule has 0 aromatic heterocycles. The Hall–Kier alpha value is -3.33. The molecule has 6 heteroatoms. The number of nitriles is 1. The van der Waals surface area contributed by atoms with Crippen molar-refractivity contribution in [3.63, 3.8) is 0 Å². The van der Waals surface area contributed by atoms with E-state index in [9.17, 15) is 9.59 Å². The second kappa shape index (κ2) is 8.34. The number of rotatable bonds is 6. The Kier molecular flexibility index (Phi) is 5.92. The minimum Gasteiger partial charge on any atom is -0.496 e. The molecule has 0 aliphatic heterocycles. The molecule has 0 saturated heterocycles. The van der Waals surface area contributed by atoms with Gasteiger partial charge < -0.3 is 15.4 Å². The Balaban J connectivity index is 2.09. The van der Waals surface area contributed by atoms with Crippen molar-refractivity contribution >= 4 is 23.2 Å². The summed E-state index contributed by atoms with van der Waals surface area (Å²) >= 11 is 0. The number of ether oxygens (including phenoxy) is 1. The van der Waals surface area contributed by atoms with E-state index in [-0.39, 0.29) is 18.7 Å². The molecule has 2 amide bonds. The molecular weight excluding hydrogens is 306 g/mol. The number of para-hydroxylation sites is 3. The summed E-state index contributed by atoms with van der Waals surface area (Å²) in [6.45, 7) is 0. The summed E-state index contributed by atoms with van der Waals surface area (Å²) in [6.07, 6.45) is -0.103. The van der Waals surface area contributed by atoms with Crippen molar-refractivity contribution in [2.24, 2.45) is 0 Å². The first-order valence-corrected chi connectivity index (χ1v) is 7.31. The molecule has 2 N–H and O–H groups in total. The average Bonchev–Trinajstić information content (AvgIpc) is 2.57. The molecule has 0 unspecified atom stereocenters. The van der Waals surface area contributed by atoms with E-state index in [0.717, 1.165) is 5.56 Å². The summed E-state index contributed by atoms with van der Waals surface area (Å²) in [6, 6.07) is 15.9. The van der Waals surface area contributed by atoms with E-state index in [1.54, 1.807) is 43.5 Å². The van der Waals surface area contributed by atoms with Gasteiger partial charge in [-0.2, -0.15) is 5.26 Å². The number of nitrogens with zero attached hydrogens (tertiary/aromatic N) is 1. The van der Waals surface area contributed by atoms with Gasteiger partial charge in [0.05, 0.1) is 31.0 Å². The quantitative estimate of drug-likeness (QED) is 0.855. The highest BCUT2D eigenvalue weighted by Gasteiger charge is 2.11. The molecule has 0 aliphatic rings. The van der Waals surface area contributed by atoms with Crippen LogP contribution in [0, 0.1) is 11.3 Å². The van der Waals surface area contributed by atoms with E-state index in [2.05, 4.69) is 10.6 Å². The zero-order chi connectivity index (χ0) is 17.4. The first kappa shape index (κ1) is 17.0. The molecule has 0 spiro atoms. The molecule has 0 aliphatic carbocycles. The van der Waals surface area contributed by atoms with Crippen LogP contribution in [0.2, 0.25) is 0 Å². The SMILES string of the molecule is COc1ccccc1CC(=O)Nc1ccccc1NC(=O)CC#N. The van der Waals surface area contributed by atoms with Crippen LogP contribution in [-0.4, -0.2) is 18.9 Å². The van der Waals surface area contributed by atoms with Gasteiger partial charge >= 0.3 is 0 Å². The highest BCUT2D eigenvalue weighted by molar-refractivity contribution is 6.00. The molecule has 0 radical (unpaired) electrons. The number of methoxy groups -OCH3 is 1. The van der Waals surface area contributed by atoms with Crippen LogP contribution in [0.1, 0.15) is 12.0 Å². The van der Waals surface area contributed by atoms with Crippen molar-refractivity contribution in [2.75, 3.05) is 17.7 Å². The van der Waals surface area contributed by atoms with Gasteiger partial charge in [0.2, 0.25) is 11.8 Å². The van der Waals surface area contributed by atoms with Crippen LogP contribution in [0.15, 0.2) is 48.5 Å². The van der Waals surface area contributed by atoms with Crippen molar-refractivity contribution < 1.29 is 14.3 Å². The maximum atomic E-state index is 12.3. The van der Waals surface area contributed by atoms with Gasteiger partial charge in [-0.3, -0.25) is 9.59 Å². The Morgan fingerprint density at radius 3 is 2.21 bits per heavy atom. The molecule has 122 valence electrons. The number of carbonyl (C=O) groups excluding carboxylic acids is 2. The van der Waals surface area contributed by atoms with Crippen LogP contribution in [0.5, 0.6) is 5.75 Å². The molecule has 2 aromatic carbocycles. The topological polar surface area (TPSA) is 91.2 Å². The van der Waals surface area contributed by atoms with E-state index in [1.807, 2.05) is 18.2 Å². The predicted molar refractivity (Wildman–Crippen MR) is 90.6 cm³/mol. The zero-order valence-corrected chi connectivity index (χ0v) is 13.2. The zero-order valence-electron chi connectivity index (χ0n) is 13.2. The van der Waals surface area contributed by atoms with Gasteiger partial charge in [-0.15, -0.1) is 0 Å². The maximum Gasteiger partial charge on any atom is 0.238 e. The highest BCUT2D eigenvalue weighted by Crippen LogP contribution is 2.23. The molecule has 2 rings (SSSR count). The number of amides is 2. The predicted octanol–water partition coefficient (Wildman–Crippen LogP) is 2.73. The first-order chi connectivity index (χ1) is 11.6. The van der Waals surface area contributed by atoms with Crippen molar-refractivity contribution in [3.05, 3.63) is 54.1 Å². The average molecular weight is 323 g/mol. The summed E-state index contributed by atoms with van der Waals surface area (Å²) in [7, 11) is 1.55. The van der Waals surface area contributed by atoms with Crippen molar-refractivity contribution in [3.8, 4) is 11.8 Å². The monoisotopic (exact) mass is 323 g/mol. The molecule has 0 heterocycles. The lowest BCUT2D eigenvalue weighted by atomic mass is 10.1. The van der Waals surface area contributed by atoms with E-state index >= 15 is 0 Å². The third-order valence-electron chi connectivity index (χ3n) is 3.26. The molecule has 24 heavy (non-hydrogen) atoms.